The van der Waals surface area contributed by atoms with Crippen molar-refractivity contribution in [1.82, 2.24) is 0 Å². The van der Waals surface area contributed by atoms with E-state index in [2.05, 4.69) is 6.92 Å². The third-order valence-electron chi connectivity index (χ3n) is 3.59. The largest absolute Gasteiger partial charge is 0.477 e. The highest BCUT2D eigenvalue weighted by Gasteiger charge is 2.23. The molecule has 0 unspecified atom stereocenters. The van der Waals surface area contributed by atoms with Crippen LogP contribution in [0.2, 0.25) is 0 Å². The standard InChI is InChI=1S/C16H26N2O4S/c1-2-3-4-5-6-7-8-9-10-22-16(21)14-12(18)11(17)13(23-14)15(19)20/h2-10,17-18H2,1H3,(H,19,20). The van der Waals surface area contributed by atoms with Crippen molar-refractivity contribution in [2.24, 2.45) is 0 Å². The molecule has 6 nitrogen and oxygen atoms in total. The second-order valence-electron chi connectivity index (χ2n) is 5.50. The first-order valence-corrected chi connectivity index (χ1v) is 8.88. The Balaban J connectivity index is 2.27. The highest BCUT2D eigenvalue weighted by Crippen LogP contribution is 2.34. The minimum atomic E-state index is -1.19. The molecule has 0 aliphatic heterocycles. The maximum Gasteiger partial charge on any atom is 0.350 e. The van der Waals surface area contributed by atoms with Crippen LogP contribution in [0.1, 0.15) is 77.6 Å². The minimum Gasteiger partial charge on any atom is -0.477 e. The molecule has 0 aliphatic carbocycles. The molecule has 130 valence electrons. The molecular weight excluding hydrogens is 316 g/mol. The molecular formula is C16H26N2O4S. The molecule has 7 heteroatoms. The Morgan fingerprint density at radius 3 is 2.00 bits per heavy atom. The number of aromatic carboxylic acids is 1. The fraction of sp³-hybridized carbons (Fsp3) is 0.625. The van der Waals surface area contributed by atoms with E-state index in [0.717, 1.165) is 30.6 Å². The molecule has 1 aromatic rings. The SMILES string of the molecule is CCCCCCCCCCOC(=O)c1sc(C(=O)O)c(N)c1N. The topological polar surface area (TPSA) is 116 Å². The Labute approximate surface area is 140 Å². The number of carbonyl (C=O) groups is 2. The van der Waals surface area contributed by atoms with E-state index in [1.54, 1.807) is 0 Å². The van der Waals surface area contributed by atoms with Crippen LogP contribution in [0, 0.1) is 0 Å². The molecule has 0 saturated heterocycles. The Morgan fingerprint density at radius 1 is 0.957 bits per heavy atom. The predicted molar refractivity (Wildman–Crippen MR) is 93.0 cm³/mol. The molecule has 0 saturated carbocycles. The average molecular weight is 342 g/mol. The van der Waals surface area contributed by atoms with Gasteiger partial charge in [0.15, 0.2) is 0 Å². The molecule has 0 atom stereocenters. The zero-order chi connectivity index (χ0) is 17.2. The summed E-state index contributed by atoms with van der Waals surface area (Å²) in [6, 6.07) is 0. The van der Waals surface area contributed by atoms with E-state index in [4.69, 9.17) is 21.3 Å². The Morgan fingerprint density at radius 2 is 1.48 bits per heavy atom. The molecule has 0 aromatic carbocycles. The number of hydrogen-bond donors (Lipinski definition) is 3. The van der Waals surface area contributed by atoms with Gasteiger partial charge in [0.05, 0.1) is 18.0 Å². The van der Waals surface area contributed by atoms with Crippen LogP contribution in [-0.4, -0.2) is 23.7 Å². The van der Waals surface area contributed by atoms with Gasteiger partial charge in [0.1, 0.15) is 9.75 Å². The zero-order valence-corrected chi connectivity index (χ0v) is 14.4. The third kappa shape index (κ3) is 6.09. The average Bonchev–Trinajstić information content (AvgIpc) is 2.81. The first-order valence-electron chi connectivity index (χ1n) is 8.07. The molecule has 0 radical (unpaired) electrons. The summed E-state index contributed by atoms with van der Waals surface area (Å²) in [6.07, 6.45) is 9.25. The van der Waals surface area contributed by atoms with Crippen LogP contribution >= 0.6 is 11.3 Å². The van der Waals surface area contributed by atoms with Gasteiger partial charge < -0.3 is 21.3 Å². The third-order valence-corrected chi connectivity index (χ3v) is 4.78. The first kappa shape index (κ1) is 19.3. The second kappa shape index (κ2) is 10.1. The lowest BCUT2D eigenvalue weighted by atomic mass is 10.1. The predicted octanol–water partition coefficient (Wildman–Crippen LogP) is 3.91. The first-order chi connectivity index (χ1) is 11.0. The van der Waals surface area contributed by atoms with Gasteiger partial charge in [-0.2, -0.15) is 0 Å². The number of unbranched alkanes of at least 4 members (excludes halogenated alkanes) is 7. The molecule has 1 rings (SSSR count). The summed E-state index contributed by atoms with van der Waals surface area (Å²) in [7, 11) is 0. The Bertz CT molecular complexity index is 528. The van der Waals surface area contributed by atoms with Crippen LogP contribution in [0.25, 0.3) is 0 Å². The molecule has 0 spiro atoms. The van der Waals surface area contributed by atoms with Crippen molar-refractivity contribution in [2.45, 2.75) is 58.3 Å². The lowest BCUT2D eigenvalue weighted by Gasteiger charge is -2.04. The number of carbonyl (C=O) groups excluding carboxylic acids is 1. The number of carboxylic acid groups (broad SMARTS) is 1. The molecule has 1 heterocycles. The van der Waals surface area contributed by atoms with Crippen molar-refractivity contribution in [3.8, 4) is 0 Å². The van der Waals surface area contributed by atoms with Gasteiger partial charge in [0, 0.05) is 0 Å². The summed E-state index contributed by atoms with van der Waals surface area (Å²) >= 11 is 0.758. The number of carboxylic acids is 1. The van der Waals surface area contributed by atoms with Crippen LogP contribution in [0.5, 0.6) is 0 Å². The summed E-state index contributed by atoms with van der Waals surface area (Å²) in [5.74, 6) is -1.80. The van der Waals surface area contributed by atoms with E-state index in [1.807, 2.05) is 0 Å². The Kier molecular flexibility index (Phi) is 8.47. The fourth-order valence-electron chi connectivity index (χ4n) is 2.23. The van der Waals surface area contributed by atoms with Crippen molar-refractivity contribution >= 4 is 34.7 Å². The van der Waals surface area contributed by atoms with Crippen LogP contribution in [0.15, 0.2) is 0 Å². The van der Waals surface area contributed by atoms with Crippen molar-refractivity contribution in [1.29, 1.82) is 0 Å². The van der Waals surface area contributed by atoms with E-state index in [-0.39, 0.29) is 21.1 Å². The lowest BCUT2D eigenvalue weighted by Crippen LogP contribution is -2.07. The van der Waals surface area contributed by atoms with E-state index < -0.39 is 11.9 Å². The maximum absolute atomic E-state index is 11.9. The zero-order valence-electron chi connectivity index (χ0n) is 13.6. The smallest absolute Gasteiger partial charge is 0.350 e. The van der Waals surface area contributed by atoms with Crippen LogP contribution in [0.4, 0.5) is 11.4 Å². The van der Waals surface area contributed by atoms with Crippen LogP contribution in [0.3, 0.4) is 0 Å². The molecule has 0 bridgehead atoms. The Hall–Kier alpha value is -1.76. The lowest BCUT2D eigenvalue weighted by molar-refractivity contribution is 0.0504. The number of rotatable bonds is 11. The van der Waals surface area contributed by atoms with E-state index in [1.165, 1.54) is 32.1 Å². The van der Waals surface area contributed by atoms with Gasteiger partial charge in [0.2, 0.25) is 0 Å². The number of nitrogen functional groups attached to an aromatic ring is 2. The van der Waals surface area contributed by atoms with Gasteiger partial charge in [-0.15, -0.1) is 11.3 Å². The summed E-state index contributed by atoms with van der Waals surface area (Å²) in [6.45, 7) is 2.51. The van der Waals surface area contributed by atoms with Crippen molar-refractivity contribution < 1.29 is 19.4 Å². The highest BCUT2D eigenvalue weighted by atomic mass is 32.1. The van der Waals surface area contributed by atoms with E-state index in [9.17, 15) is 9.59 Å². The maximum atomic E-state index is 11.9. The van der Waals surface area contributed by atoms with E-state index in [0.29, 0.717) is 6.61 Å². The molecule has 0 amide bonds. The summed E-state index contributed by atoms with van der Waals surface area (Å²) in [4.78, 5) is 22.8. The second-order valence-corrected chi connectivity index (χ2v) is 6.52. The molecule has 0 aliphatic rings. The van der Waals surface area contributed by atoms with Crippen molar-refractivity contribution in [3.63, 3.8) is 0 Å². The minimum absolute atomic E-state index is 0.00618. The van der Waals surface area contributed by atoms with Gasteiger partial charge in [-0.3, -0.25) is 0 Å². The monoisotopic (exact) mass is 342 g/mol. The van der Waals surface area contributed by atoms with Crippen LogP contribution in [-0.2, 0) is 4.74 Å². The summed E-state index contributed by atoms with van der Waals surface area (Å²) in [5.41, 5.74) is 11.2. The molecule has 5 N–H and O–H groups in total. The highest BCUT2D eigenvalue weighted by molar-refractivity contribution is 7.17. The van der Waals surface area contributed by atoms with Gasteiger partial charge in [-0.05, 0) is 6.42 Å². The van der Waals surface area contributed by atoms with Crippen LogP contribution < -0.4 is 11.5 Å². The van der Waals surface area contributed by atoms with Crippen molar-refractivity contribution in [3.05, 3.63) is 9.75 Å². The number of nitrogens with two attached hydrogens (primary N) is 2. The van der Waals surface area contributed by atoms with Gasteiger partial charge in [-0.25, -0.2) is 9.59 Å². The molecule has 1 aromatic heterocycles. The number of anilines is 2. The normalized spacial score (nSPS) is 10.7. The number of thiophene rings is 1. The van der Waals surface area contributed by atoms with Gasteiger partial charge in [-0.1, -0.05) is 51.9 Å². The van der Waals surface area contributed by atoms with Gasteiger partial charge in [0.25, 0.3) is 0 Å². The number of esters is 1. The van der Waals surface area contributed by atoms with E-state index >= 15 is 0 Å². The van der Waals surface area contributed by atoms with Gasteiger partial charge >= 0.3 is 11.9 Å². The number of ether oxygens (including phenoxy) is 1. The summed E-state index contributed by atoms with van der Waals surface area (Å²) < 4.78 is 5.15. The molecule has 23 heavy (non-hydrogen) atoms. The van der Waals surface area contributed by atoms with Crippen molar-refractivity contribution in [2.75, 3.05) is 18.1 Å². The fourth-order valence-corrected chi connectivity index (χ4v) is 3.11. The quantitative estimate of drug-likeness (QED) is 0.415. The number of hydrogen-bond acceptors (Lipinski definition) is 6. The summed E-state index contributed by atoms with van der Waals surface area (Å²) in [5, 5.41) is 8.96. The molecule has 0 fully saturated rings.